The van der Waals surface area contributed by atoms with Gasteiger partial charge in [0.15, 0.2) is 0 Å². The van der Waals surface area contributed by atoms with Crippen LogP contribution < -0.4 is 21.5 Å². The van der Waals surface area contributed by atoms with E-state index in [0.717, 1.165) is 0 Å². The Balaban J connectivity index is 1.88. The number of carbonyl (C=O) groups is 2. The highest BCUT2D eigenvalue weighted by atomic mass is 16.2. The number of rotatable bonds is 6. The van der Waals surface area contributed by atoms with Crippen molar-refractivity contribution in [2.75, 3.05) is 16.5 Å². The van der Waals surface area contributed by atoms with Crippen molar-refractivity contribution in [1.29, 1.82) is 5.26 Å². The molecule has 1 saturated heterocycles. The summed E-state index contributed by atoms with van der Waals surface area (Å²) >= 11 is 0. The average Bonchev–Trinajstić information content (AvgIpc) is 3.04. The van der Waals surface area contributed by atoms with Crippen molar-refractivity contribution in [3.63, 3.8) is 0 Å². The summed E-state index contributed by atoms with van der Waals surface area (Å²) in [6, 6.07) is 10.8. The van der Waals surface area contributed by atoms with Crippen molar-refractivity contribution in [1.82, 2.24) is 9.97 Å². The van der Waals surface area contributed by atoms with E-state index in [1.54, 1.807) is 30.3 Å². The number of nitrogens with zero attached hydrogens (tertiary/aromatic N) is 5. The zero-order valence-electron chi connectivity index (χ0n) is 16.4. The third-order valence-corrected chi connectivity index (χ3v) is 5.23. The summed E-state index contributed by atoms with van der Waals surface area (Å²) in [5.74, 6) is 5.95. The maximum atomic E-state index is 13.0. The summed E-state index contributed by atoms with van der Waals surface area (Å²) in [5, 5.41) is 10.9. The minimum absolute atomic E-state index is 0.0936. The minimum atomic E-state index is -1.05. The fraction of sp³-hybridized carbons (Fsp3) is 0.350. The van der Waals surface area contributed by atoms with Crippen molar-refractivity contribution < 1.29 is 9.59 Å². The van der Waals surface area contributed by atoms with Crippen molar-refractivity contribution in [2.45, 2.75) is 26.7 Å². The maximum absolute atomic E-state index is 13.0. The Hall–Kier alpha value is -3.51. The molecule has 1 aliphatic heterocycles. The summed E-state index contributed by atoms with van der Waals surface area (Å²) < 4.78 is 0. The molecule has 2 aromatic rings. The molecule has 1 atom stereocenters. The quantitative estimate of drug-likeness (QED) is 0.558. The number of aromatic nitrogens is 2. The number of amides is 2. The Labute approximate surface area is 168 Å². The minimum Gasteiger partial charge on any atom is -0.369 e. The topological polar surface area (TPSA) is 142 Å². The average molecular weight is 393 g/mol. The Morgan fingerprint density at radius 1 is 1.41 bits per heavy atom. The molecule has 9 nitrogen and oxygen atoms in total. The van der Waals surface area contributed by atoms with Gasteiger partial charge in [0.2, 0.25) is 17.8 Å². The molecular formula is C20H23N7O2. The molecule has 3 rings (SSSR count). The summed E-state index contributed by atoms with van der Waals surface area (Å²) in [7, 11) is 0. The van der Waals surface area contributed by atoms with Crippen LogP contribution in [0, 0.1) is 22.7 Å². The van der Waals surface area contributed by atoms with Crippen LogP contribution in [0.4, 0.5) is 17.5 Å². The van der Waals surface area contributed by atoms with Gasteiger partial charge in [-0.2, -0.15) is 10.2 Å². The molecule has 0 radical (unpaired) electrons. The van der Waals surface area contributed by atoms with Crippen LogP contribution >= 0.6 is 0 Å². The molecular weight excluding hydrogens is 370 g/mol. The highest BCUT2D eigenvalue weighted by molar-refractivity contribution is 6.01. The zero-order chi connectivity index (χ0) is 21.2. The molecule has 1 fully saturated rings. The van der Waals surface area contributed by atoms with Gasteiger partial charge in [-0.1, -0.05) is 26.0 Å². The van der Waals surface area contributed by atoms with Crippen LogP contribution in [-0.2, 0) is 16.0 Å². The first kappa shape index (κ1) is 20.2. The third-order valence-electron chi connectivity index (χ3n) is 5.23. The van der Waals surface area contributed by atoms with Gasteiger partial charge in [-0.25, -0.2) is 15.8 Å². The third kappa shape index (κ3) is 3.75. The van der Waals surface area contributed by atoms with Crippen LogP contribution in [0.25, 0.3) is 0 Å². The second-order valence-electron chi connectivity index (χ2n) is 7.34. The summed E-state index contributed by atoms with van der Waals surface area (Å²) in [4.78, 5) is 34.2. The lowest BCUT2D eigenvalue weighted by atomic mass is 9.77. The van der Waals surface area contributed by atoms with E-state index in [0.29, 0.717) is 30.0 Å². The highest BCUT2D eigenvalue weighted by Crippen LogP contribution is 2.40. The summed E-state index contributed by atoms with van der Waals surface area (Å²) in [6.45, 7) is 4.15. The molecule has 29 heavy (non-hydrogen) atoms. The van der Waals surface area contributed by atoms with Gasteiger partial charge in [-0.05, 0) is 36.1 Å². The molecule has 4 N–H and O–H groups in total. The summed E-state index contributed by atoms with van der Waals surface area (Å²) in [5.41, 5.74) is 5.49. The number of hydrazine groups is 1. The monoisotopic (exact) mass is 393 g/mol. The van der Waals surface area contributed by atoms with Crippen molar-refractivity contribution in [2.24, 2.45) is 22.9 Å². The molecule has 9 heteroatoms. The second kappa shape index (κ2) is 7.85. The van der Waals surface area contributed by atoms with Crippen LogP contribution in [-0.4, -0.2) is 28.3 Å². The van der Waals surface area contributed by atoms with Gasteiger partial charge in [0.05, 0.1) is 18.2 Å². The number of carbonyl (C=O) groups excluding carboxylic acids is 2. The molecule has 1 aliphatic rings. The molecule has 2 heterocycles. The van der Waals surface area contributed by atoms with Crippen molar-refractivity contribution in [3.8, 4) is 6.07 Å². The number of nitrogens with two attached hydrogens (primary N) is 2. The standard InChI is InChI=1S/C20H23N7O2/c1-13(2)20(12-21)7-9-26(18(20)29)17-6-8-24-19(25-17)27(23)15-5-3-4-14(10-15)11-16(22)28/h3-6,8,10,13H,7,9,11,23H2,1-2H3,(H2,22,28)/t20-/m1/s1. The van der Waals surface area contributed by atoms with Crippen LogP contribution in [0.3, 0.4) is 0 Å². The number of primary amides is 1. The molecule has 2 amide bonds. The lowest BCUT2D eigenvalue weighted by Crippen LogP contribution is -2.38. The fourth-order valence-corrected chi connectivity index (χ4v) is 3.46. The number of hydrogen-bond donors (Lipinski definition) is 2. The summed E-state index contributed by atoms with van der Waals surface area (Å²) in [6.07, 6.45) is 2.05. The lowest BCUT2D eigenvalue weighted by Gasteiger charge is -2.24. The lowest BCUT2D eigenvalue weighted by molar-refractivity contribution is -0.124. The van der Waals surface area contributed by atoms with E-state index in [2.05, 4.69) is 16.0 Å². The van der Waals surface area contributed by atoms with E-state index in [9.17, 15) is 14.9 Å². The van der Waals surface area contributed by atoms with Gasteiger partial charge in [-0.15, -0.1) is 0 Å². The second-order valence-corrected chi connectivity index (χ2v) is 7.34. The smallest absolute Gasteiger partial charge is 0.248 e. The van der Waals surface area contributed by atoms with Gasteiger partial charge in [-0.3, -0.25) is 14.5 Å². The molecule has 0 bridgehead atoms. The first-order chi connectivity index (χ1) is 13.8. The fourth-order valence-electron chi connectivity index (χ4n) is 3.46. The molecule has 0 aliphatic carbocycles. The van der Waals surface area contributed by atoms with Gasteiger partial charge in [0.1, 0.15) is 11.2 Å². The van der Waals surface area contributed by atoms with Crippen molar-refractivity contribution in [3.05, 3.63) is 42.1 Å². The Kier molecular flexibility index (Phi) is 5.48. The number of benzene rings is 1. The van der Waals surface area contributed by atoms with Gasteiger partial charge in [0.25, 0.3) is 0 Å². The van der Waals surface area contributed by atoms with Gasteiger partial charge in [0, 0.05) is 12.7 Å². The van der Waals surface area contributed by atoms with E-state index < -0.39 is 11.3 Å². The highest BCUT2D eigenvalue weighted by Gasteiger charge is 2.50. The number of nitriles is 1. The first-order valence-corrected chi connectivity index (χ1v) is 9.27. The molecule has 150 valence electrons. The molecule has 1 aromatic carbocycles. The Morgan fingerprint density at radius 2 is 2.17 bits per heavy atom. The number of hydrogen-bond acceptors (Lipinski definition) is 7. The Morgan fingerprint density at radius 3 is 2.79 bits per heavy atom. The van der Waals surface area contributed by atoms with Crippen LogP contribution in [0.15, 0.2) is 36.5 Å². The molecule has 0 saturated carbocycles. The van der Waals surface area contributed by atoms with Crippen LogP contribution in [0.5, 0.6) is 0 Å². The molecule has 1 aromatic heterocycles. The SMILES string of the molecule is CC(C)[C@]1(C#N)CCN(c2ccnc(N(N)c3cccc(CC(N)=O)c3)n2)C1=O. The van der Waals surface area contributed by atoms with Crippen molar-refractivity contribution >= 4 is 29.3 Å². The molecule has 0 spiro atoms. The first-order valence-electron chi connectivity index (χ1n) is 9.27. The normalized spacial score (nSPS) is 18.7. The predicted octanol–water partition coefficient (Wildman–Crippen LogP) is 1.42. The van der Waals surface area contributed by atoms with E-state index in [1.165, 1.54) is 16.1 Å². The number of anilines is 3. The van der Waals surface area contributed by atoms with Crippen LogP contribution in [0.1, 0.15) is 25.8 Å². The van der Waals surface area contributed by atoms with E-state index in [1.807, 2.05) is 13.8 Å². The maximum Gasteiger partial charge on any atom is 0.248 e. The van der Waals surface area contributed by atoms with E-state index in [-0.39, 0.29) is 24.2 Å². The Bertz CT molecular complexity index is 985. The van der Waals surface area contributed by atoms with Gasteiger partial charge < -0.3 is 5.73 Å². The van der Waals surface area contributed by atoms with Gasteiger partial charge >= 0.3 is 0 Å². The predicted molar refractivity (Wildman–Crippen MR) is 108 cm³/mol. The molecule has 0 unspecified atom stereocenters. The van der Waals surface area contributed by atoms with Crippen LogP contribution in [0.2, 0.25) is 0 Å². The largest absolute Gasteiger partial charge is 0.369 e. The zero-order valence-corrected chi connectivity index (χ0v) is 16.4. The van der Waals surface area contributed by atoms with E-state index >= 15 is 0 Å². The van der Waals surface area contributed by atoms with E-state index in [4.69, 9.17) is 11.6 Å².